The summed E-state index contributed by atoms with van der Waals surface area (Å²) < 4.78 is 0. The van der Waals surface area contributed by atoms with Gasteiger partial charge >= 0.3 is 5.69 Å². The third-order valence-electron chi connectivity index (χ3n) is 6.04. The molecule has 168 valence electrons. The zero-order chi connectivity index (χ0) is 23.0. The molecule has 4 aromatic rings. The van der Waals surface area contributed by atoms with Crippen molar-refractivity contribution in [2.24, 2.45) is 5.73 Å². The molecule has 0 spiro atoms. The summed E-state index contributed by atoms with van der Waals surface area (Å²) in [6, 6.07) is 11.5. The van der Waals surface area contributed by atoms with Gasteiger partial charge in [-0.1, -0.05) is 12.1 Å². The summed E-state index contributed by atoms with van der Waals surface area (Å²) in [4.78, 5) is 44.9. The number of fused-ring (bicyclic) bond motifs is 1. The van der Waals surface area contributed by atoms with E-state index >= 15 is 0 Å². The third kappa shape index (κ3) is 4.08. The van der Waals surface area contributed by atoms with Gasteiger partial charge in [0.05, 0.1) is 11.2 Å². The van der Waals surface area contributed by atoms with Crippen molar-refractivity contribution in [2.75, 3.05) is 23.3 Å². The van der Waals surface area contributed by atoms with Gasteiger partial charge in [0.25, 0.3) is 0 Å². The van der Waals surface area contributed by atoms with E-state index in [4.69, 9.17) is 5.73 Å². The topological polar surface area (TPSA) is 146 Å². The van der Waals surface area contributed by atoms with E-state index in [9.17, 15) is 9.59 Å². The lowest BCUT2D eigenvalue weighted by Crippen LogP contribution is -2.58. The summed E-state index contributed by atoms with van der Waals surface area (Å²) in [5.74, 6) is 0.401. The standard InChI is InChI=1S/C23H24N8O2/c1-14-5-8-25-17(11-14)15-3-2-4-16(12-15)28-21(32)23(24)6-9-31(10-7-23)20-18-19(26-13-27-20)30-22(33)29-18/h2-5,8,11-13H,6-7,9-10,24H2,1H3,(H,28,32)(H2,26,27,29,30,33). The van der Waals surface area contributed by atoms with Crippen molar-refractivity contribution in [3.63, 3.8) is 0 Å². The molecule has 1 fully saturated rings. The number of amides is 1. The smallest absolute Gasteiger partial charge is 0.325 e. The number of nitrogens with zero attached hydrogens (tertiary/aromatic N) is 4. The zero-order valence-corrected chi connectivity index (χ0v) is 18.1. The van der Waals surface area contributed by atoms with Crippen LogP contribution in [-0.4, -0.2) is 49.5 Å². The van der Waals surface area contributed by atoms with Crippen LogP contribution in [-0.2, 0) is 4.79 Å². The Balaban J connectivity index is 1.29. The zero-order valence-electron chi connectivity index (χ0n) is 18.1. The monoisotopic (exact) mass is 444 g/mol. The minimum atomic E-state index is -1.01. The molecule has 10 nitrogen and oxygen atoms in total. The normalized spacial score (nSPS) is 15.5. The summed E-state index contributed by atoms with van der Waals surface area (Å²) >= 11 is 0. The highest BCUT2D eigenvalue weighted by Crippen LogP contribution is 2.28. The Hall–Kier alpha value is -4.05. The van der Waals surface area contributed by atoms with Crippen LogP contribution in [0.4, 0.5) is 11.5 Å². The molecule has 0 radical (unpaired) electrons. The molecule has 1 aliphatic rings. The van der Waals surface area contributed by atoms with Crippen LogP contribution in [0.2, 0.25) is 0 Å². The Morgan fingerprint density at radius 1 is 1.12 bits per heavy atom. The first-order valence-corrected chi connectivity index (χ1v) is 10.7. The van der Waals surface area contributed by atoms with E-state index in [1.165, 1.54) is 6.33 Å². The molecule has 1 saturated heterocycles. The molecule has 3 aromatic heterocycles. The number of aryl methyl sites for hydroxylation is 1. The van der Waals surface area contributed by atoms with Crippen molar-refractivity contribution in [1.29, 1.82) is 0 Å². The Morgan fingerprint density at radius 2 is 1.94 bits per heavy atom. The number of anilines is 2. The molecule has 4 heterocycles. The molecule has 5 rings (SSSR count). The molecule has 1 amide bonds. The van der Waals surface area contributed by atoms with Gasteiger partial charge in [0.15, 0.2) is 11.5 Å². The third-order valence-corrected chi connectivity index (χ3v) is 6.04. The molecule has 0 bridgehead atoms. The molecular formula is C23H24N8O2. The van der Waals surface area contributed by atoms with Gasteiger partial charge in [0, 0.05) is 30.5 Å². The summed E-state index contributed by atoms with van der Waals surface area (Å²) in [7, 11) is 0. The van der Waals surface area contributed by atoms with Gasteiger partial charge in [-0.3, -0.25) is 14.8 Å². The fourth-order valence-electron chi connectivity index (χ4n) is 4.13. The average molecular weight is 444 g/mol. The highest BCUT2D eigenvalue weighted by Gasteiger charge is 2.38. The van der Waals surface area contributed by atoms with Crippen LogP contribution < -0.4 is 21.6 Å². The van der Waals surface area contributed by atoms with Crippen molar-refractivity contribution in [1.82, 2.24) is 24.9 Å². The lowest BCUT2D eigenvalue weighted by molar-refractivity contribution is -0.121. The van der Waals surface area contributed by atoms with Crippen molar-refractivity contribution in [3.8, 4) is 11.3 Å². The summed E-state index contributed by atoms with van der Waals surface area (Å²) in [6.45, 7) is 3.06. The van der Waals surface area contributed by atoms with Crippen molar-refractivity contribution in [2.45, 2.75) is 25.3 Å². The minimum Gasteiger partial charge on any atom is -0.355 e. The molecule has 10 heteroatoms. The summed E-state index contributed by atoms with van der Waals surface area (Å²) in [5.41, 5.74) is 9.76. The Bertz CT molecular complexity index is 1380. The fourth-order valence-corrected chi connectivity index (χ4v) is 4.13. The molecule has 1 aromatic carbocycles. The Labute approximate surface area is 189 Å². The lowest BCUT2D eigenvalue weighted by atomic mass is 9.87. The number of imidazole rings is 1. The Morgan fingerprint density at radius 3 is 2.73 bits per heavy atom. The van der Waals surface area contributed by atoms with E-state index in [2.05, 4.69) is 30.2 Å². The Kier molecular flexibility index (Phi) is 5.14. The number of carbonyl (C=O) groups is 1. The van der Waals surface area contributed by atoms with Crippen LogP contribution in [0.5, 0.6) is 0 Å². The number of nitrogens with one attached hydrogen (secondary N) is 3. The molecule has 0 saturated carbocycles. The molecular weight excluding hydrogens is 420 g/mol. The maximum Gasteiger partial charge on any atom is 0.325 e. The van der Waals surface area contributed by atoms with Crippen molar-refractivity contribution in [3.05, 3.63) is 65.0 Å². The summed E-state index contributed by atoms with van der Waals surface area (Å²) in [5, 5.41) is 2.98. The highest BCUT2D eigenvalue weighted by molar-refractivity contribution is 5.98. The quantitative estimate of drug-likeness (QED) is 0.376. The first-order valence-electron chi connectivity index (χ1n) is 10.7. The number of aromatic amines is 2. The second-order valence-electron chi connectivity index (χ2n) is 8.40. The SMILES string of the molecule is Cc1ccnc(-c2cccc(NC(=O)C3(N)CCN(c4ncnc5[nH]c(=O)[nH]c45)CC3)c2)c1. The van der Waals surface area contributed by atoms with E-state index < -0.39 is 5.54 Å². The largest absolute Gasteiger partial charge is 0.355 e. The number of carbonyl (C=O) groups excluding carboxylic acids is 1. The van der Waals surface area contributed by atoms with Crippen LogP contribution in [0.25, 0.3) is 22.4 Å². The molecule has 0 aliphatic carbocycles. The van der Waals surface area contributed by atoms with Crippen LogP contribution in [0, 0.1) is 6.92 Å². The minimum absolute atomic E-state index is 0.223. The van der Waals surface area contributed by atoms with Crippen molar-refractivity contribution >= 4 is 28.6 Å². The number of benzene rings is 1. The number of piperidine rings is 1. The summed E-state index contributed by atoms with van der Waals surface area (Å²) in [6.07, 6.45) is 4.07. The highest BCUT2D eigenvalue weighted by atomic mass is 16.2. The number of H-pyrrole nitrogens is 2. The first kappa shape index (κ1) is 20.8. The van der Waals surface area contributed by atoms with Crippen LogP contribution in [0.1, 0.15) is 18.4 Å². The van der Waals surface area contributed by atoms with Crippen LogP contribution >= 0.6 is 0 Å². The van der Waals surface area contributed by atoms with Crippen molar-refractivity contribution < 1.29 is 4.79 Å². The maximum atomic E-state index is 13.1. The van der Waals surface area contributed by atoms with Gasteiger partial charge in [-0.25, -0.2) is 14.8 Å². The number of rotatable bonds is 4. The fraction of sp³-hybridized carbons (Fsp3) is 0.261. The number of pyridine rings is 1. The van der Waals surface area contributed by atoms with Gasteiger partial charge in [-0.05, 0) is 49.6 Å². The van der Waals surface area contributed by atoms with Crippen LogP contribution in [0.15, 0.2) is 53.7 Å². The predicted molar refractivity (Wildman–Crippen MR) is 126 cm³/mol. The van der Waals surface area contributed by atoms with Gasteiger partial charge in [0.2, 0.25) is 5.91 Å². The molecule has 1 aliphatic heterocycles. The van der Waals surface area contributed by atoms with E-state index in [1.807, 2.05) is 48.2 Å². The van der Waals surface area contributed by atoms with Crippen LogP contribution in [0.3, 0.4) is 0 Å². The number of aromatic nitrogens is 5. The molecule has 0 atom stereocenters. The van der Waals surface area contributed by atoms with Gasteiger partial charge < -0.3 is 20.9 Å². The van der Waals surface area contributed by atoms with E-state index in [-0.39, 0.29) is 11.6 Å². The molecule has 0 unspecified atom stereocenters. The molecule has 5 N–H and O–H groups in total. The van der Waals surface area contributed by atoms with Gasteiger partial charge in [-0.15, -0.1) is 0 Å². The first-order chi connectivity index (χ1) is 15.9. The maximum absolute atomic E-state index is 13.1. The number of hydrogen-bond donors (Lipinski definition) is 4. The average Bonchev–Trinajstić information content (AvgIpc) is 3.20. The second kappa shape index (κ2) is 8.14. The molecule has 33 heavy (non-hydrogen) atoms. The second-order valence-corrected chi connectivity index (χ2v) is 8.40. The van der Waals surface area contributed by atoms with E-state index in [0.29, 0.717) is 48.6 Å². The number of hydrogen-bond acceptors (Lipinski definition) is 7. The van der Waals surface area contributed by atoms with Gasteiger partial charge in [0.1, 0.15) is 11.8 Å². The van der Waals surface area contributed by atoms with E-state index in [1.54, 1.807) is 6.20 Å². The van der Waals surface area contributed by atoms with E-state index in [0.717, 1.165) is 16.8 Å². The van der Waals surface area contributed by atoms with Gasteiger partial charge in [-0.2, -0.15) is 0 Å². The predicted octanol–water partition coefficient (Wildman–Crippen LogP) is 1.95. The number of nitrogens with two attached hydrogens (primary N) is 1. The lowest BCUT2D eigenvalue weighted by Gasteiger charge is -2.38.